The summed E-state index contributed by atoms with van der Waals surface area (Å²) in [5.41, 5.74) is 3.35. The van der Waals surface area contributed by atoms with Crippen LogP contribution in [0.1, 0.15) is 49.7 Å². The van der Waals surface area contributed by atoms with Gasteiger partial charge in [0.1, 0.15) is 0 Å². The molecule has 22 heavy (non-hydrogen) atoms. The van der Waals surface area contributed by atoms with E-state index in [2.05, 4.69) is 31.3 Å². The number of anilines is 1. The molecule has 0 radical (unpaired) electrons. The first kappa shape index (κ1) is 15.5. The van der Waals surface area contributed by atoms with E-state index in [4.69, 9.17) is 0 Å². The quantitative estimate of drug-likeness (QED) is 0.883. The zero-order chi connectivity index (χ0) is 15.5. The summed E-state index contributed by atoms with van der Waals surface area (Å²) in [6.45, 7) is 5.95. The van der Waals surface area contributed by atoms with Gasteiger partial charge in [0.05, 0.1) is 12.6 Å². The van der Waals surface area contributed by atoms with Gasteiger partial charge in [0, 0.05) is 11.6 Å². The maximum Gasteiger partial charge on any atom is 0.279 e. The van der Waals surface area contributed by atoms with Crippen LogP contribution < -0.4 is 10.2 Å². The molecular formula is C19H29N2O+. The normalized spacial score (nSPS) is 28.0. The predicted molar refractivity (Wildman–Crippen MR) is 90.2 cm³/mol. The Morgan fingerprint density at radius 3 is 2.77 bits per heavy atom. The standard InChI is InChI=1S/C19H28N2O/c1-14-9-10-17(15(2)12-14)20-19(22)13-21-11-5-7-16-6-3-4-8-18(16)21/h9-10,12,16,18H,3-8,11,13H2,1-2H3,(H,20,22)/p+1/t16-,18-/m0/s1. The molecule has 2 aliphatic rings. The van der Waals surface area contributed by atoms with Gasteiger partial charge in [0.15, 0.2) is 6.54 Å². The largest absolute Gasteiger partial charge is 0.324 e. The first-order chi connectivity index (χ1) is 10.6. The van der Waals surface area contributed by atoms with Gasteiger partial charge in [-0.15, -0.1) is 0 Å². The van der Waals surface area contributed by atoms with Gasteiger partial charge >= 0.3 is 0 Å². The van der Waals surface area contributed by atoms with Crippen LogP contribution in [0.25, 0.3) is 0 Å². The van der Waals surface area contributed by atoms with Crippen LogP contribution in [-0.2, 0) is 4.79 Å². The molecular weight excluding hydrogens is 272 g/mol. The van der Waals surface area contributed by atoms with E-state index < -0.39 is 0 Å². The van der Waals surface area contributed by atoms with Gasteiger partial charge in [-0.3, -0.25) is 4.79 Å². The molecule has 1 heterocycles. The topological polar surface area (TPSA) is 33.5 Å². The number of fused-ring (bicyclic) bond motifs is 1. The van der Waals surface area contributed by atoms with Crippen LogP contribution in [0.15, 0.2) is 18.2 Å². The summed E-state index contributed by atoms with van der Waals surface area (Å²) in [5, 5.41) is 3.12. The highest BCUT2D eigenvalue weighted by molar-refractivity contribution is 5.92. The number of hydrogen-bond donors (Lipinski definition) is 2. The van der Waals surface area contributed by atoms with Crippen molar-refractivity contribution in [1.82, 2.24) is 0 Å². The molecule has 1 aliphatic carbocycles. The molecule has 1 amide bonds. The van der Waals surface area contributed by atoms with Crippen molar-refractivity contribution in [2.45, 2.75) is 58.4 Å². The van der Waals surface area contributed by atoms with Crippen LogP contribution in [0.2, 0.25) is 0 Å². The number of aryl methyl sites for hydroxylation is 2. The third-order valence-electron chi connectivity index (χ3n) is 5.55. The Balaban J connectivity index is 1.61. The van der Waals surface area contributed by atoms with E-state index >= 15 is 0 Å². The second-order valence-electron chi connectivity index (χ2n) is 7.24. The fraction of sp³-hybridized carbons (Fsp3) is 0.632. The minimum Gasteiger partial charge on any atom is -0.324 e. The second-order valence-corrected chi connectivity index (χ2v) is 7.24. The monoisotopic (exact) mass is 301 g/mol. The summed E-state index contributed by atoms with van der Waals surface area (Å²) in [6, 6.07) is 6.94. The molecule has 0 bridgehead atoms. The van der Waals surface area contributed by atoms with Crippen LogP contribution in [-0.4, -0.2) is 25.0 Å². The lowest BCUT2D eigenvalue weighted by atomic mass is 9.78. The Morgan fingerprint density at radius 2 is 1.95 bits per heavy atom. The number of rotatable bonds is 3. The van der Waals surface area contributed by atoms with Gasteiger partial charge in [0.25, 0.3) is 5.91 Å². The summed E-state index contributed by atoms with van der Waals surface area (Å²) in [4.78, 5) is 14.0. The van der Waals surface area contributed by atoms with Crippen LogP contribution in [0.4, 0.5) is 5.69 Å². The molecule has 2 fully saturated rings. The number of carbonyl (C=O) groups excluding carboxylic acids is 1. The molecule has 1 aromatic rings. The van der Waals surface area contributed by atoms with E-state index in [9.17, 15) is 4.79 Å². The minimum absolute atomic E-state index is 0.174. The maximum absolute atomic E-state index is 12.5. The number of nitrogens with one attached hydrogen (secondary N) is 2. The lowest BCUT2D eigenvalue weighted by molar-refractivity contribution is -0.928. The first-order valence-electron chi connectivity index (χ1n) is 8.85. The average molecular weight is 301 g/mol. The van der Waals surface area contributed by atoms with E-state index in [0.717, 1.165) is 23.2 Å². The predicted octanol–water partition coefficient (Wildman–Crippen LogP) is 2.48. The van der Waals surface area contributed by atoms with Gasteiger partial charge in [-0.25, -0.2) is 0 Å². The Morgan fingerprint density at radius 1 is 1.18 bits per heavy atom. The van der Waals surface area contributed by atoms with E-state index in [1.807, 2.05) is 6.07 Å². The summed E-state index contributed by atoms with van der Waals surface area (Å²) in [7, 11) is 0. The molecule has 3 nitrogen and oxygen atoms in total. The molecule has 3 rings (SSSR count). The summed E-state index contributed by atoms with van der Waals surface area (Å²) in [5.74, 6) is 1.04. The molecule has 3 heteroatoms. The zero-order valence-electron chi connectivity index (χ0n) is 14.0. The number of piperidine rings is 1. The van der Waals surface area contributed by atoms with Crippen molar-refractivity contribution in [2.24, 2.45) is 5.92 Å². The van der Waals surface area contributed by atoms with Crippen molar-refractivity contribution in [3.63, 3.8) is 0 Å². The molecule has 120 valence electrons. The molecule has 1 aliphatic heterocycles. The lowest BCUT2D eigenvalue weighted by Crippen LogP contribution is -3.18. The summed E-state index contributed by atoms with van der Waals surface area (Å²) in [6.07, 6.45) is 8.11. The lowest BCUT2D eigenvalue weighted by Gasteiger charge is -2.40. The van der Waals surface area contributed by atoms with E-state index in [1.165, 1.54) is 55.5 Å². The van der Waals surface area contributed by atoms with Crippen molar-refractivity contribution >= 4 is 11.6 Å². The number of hydrogen-bond acceptors (Lipinski definition) is 1. The Labute approximate surface area is 134 Å². The summed E-state index contributed by atoms with van der Waals surface area (Å²) < 4.78 is 0. The molecule has 1 unspecified atom stereocenters. The molecule has 2 N–H and O–H groups in total. The average Bonchev–Trinajstić information content (AvgIpc) is 2.50. The highest BCUT2D eigenvalue weighted by Gasteiger charge is 2.37. The van der Waals surface area contributed by atoms with Gasteiger partial charge in [-0.05, 0) is 57.6 Å². The number of benzene rings is 1. The van der Waals surface area contributed by atoms with Crippen molar-refractivity contribution in [3.8, 4) is 0 Å². The number of carbonyl (C=O) groups is 1. The van der Waals surface area contributed by atoms with Crippen LogP contribution in [0.5, 0.6) is 0 Å². The maximum atomic E-state index is 12.5. The zero-order valence-corrected chi connectivity index (χ0v) is 14.0. The first-order valence-corrected chi connectivity index (χ1v) is 8.85. The van der Waals surface area contributed by atoms with Crippen LogP contribution >= 0.6 is 0 Å². The van der Waals surface area contributed by atoms with Crippen molar-refractivity contribution in [1.29, 1.82) is 0 Å². The molecule has 3 atom stereocenters. The van der Waals surface area contributed by atoms with Crippen LogP contribution in [0, 0.1) is 19.8 Å². The number of amides is 1. The molecule has 1 saturated carbocycles. The van der Waals surface area contributed by atoms with Gasteiger partial charge in [-0.1, -0.05) is 24.1 Å². The minimum atomic E-state index is 0.174. The summed E-state index contributed by atoms with van der Waals surface area (Å²) >= 11 is 0. The van der Waals surface area contributed by atoms with Crippen LogP contribution in [0.3, 0.4) is 0 Å². The van der Waals surface area contributed by atoms with Gasteiger partial charge in [-0.2, -0.15) is 0 Å². The van der Waals surface area contributed by atoms with Gasteiger partial charge < -0.3 is 10.2 Å². The second kappa shape index (κ2) is 6.82. The molecule has 1 saturated heterocycles. The van der Waals surface area contributed by atoms with E-state index in [1.54, 1.807) is 0 Å². The SMILES string of the molecule is Cc1ccc(NC(=O)C[NH+]2CCC[C@@H]3CCCC[C@@H]32)c(C)c1. The van der Waals surface area contributed by atoms with Crippen molar-refractivity contribution in [2.75, 3.05) is 18.4 Å². The number of likely N-dealkylation sites (tertiary alicyclic amines) is 1. The molecule has 0 aromatic heterocycles. The third-order valence-corrected chi connectivity index (χ3v) is 5.55. The van der Waals surface area contributed by atoms with Gasteiger partial charge in [0.2, 0.25) is 0 Å². The Bertz CT molecular complexity index is 538. The van der Waals surface area contributed by atoms with Crippen molar-refractivity contribution < 1.29 is 9.69 Å². The Kier molecular flexibility index (Phi) is 4.82. The highest BCUT2D eigenvalue weighted by atomic mass is 16.2. The smallest absolute Gasteiger partial charge is 0.279 e. The third kappa shape index (κ3) is 3.52. The highest BCUT2D eigenvalue weighted by Crippen LogP contribution is 2.28. The van der Waals surface area contributed by atoms with E-state index in [-0.39, 0.29) is 5.91 Å². The molecule has 0 spiro atoms. The Hall–Kier alpha value is -1.35. The molecule has 1 aromatic carbocycles. The van der Waals surface area contributed by atoms with E-state index in [0.29, 0.717) is 6.54 Å². The number of quaternary nitrogens is 1. The fourth-order valence-corrected chi connectivity index (χ4v) is 4.44. The fourth-order valence-electron chi connectivity index (χ4n) is 4.44. The van der Waals surface area contributed by atoms with Crippen molar-refractivity contribution in [3.05, 3.63) is 29.3 Å².